The summed E-state index contributed by atoms with van der Waals surface area (Å²) in [6, 6.07) is 0. The Labute approximate surface area is 52.8 Å². The molecular weight excluding hydrogens is 109 g/mol. The van der Waals surface area contributed by atoms with Gasteiger partial charge < -0.3 is 10.4 Å². The van der Waals surface area contributed by atoms with Crippen LogP contribution < -0.4 is 5.32 Å². The summed E-state index contributed by atoms with van der Waals surface area (Å²) in [5.74, 6) is -0.822. The number of aliphatic carboxylic acids is 1. The van der Waals surface area contributed by atoms with E-state index < -0.39 is 5.97 Å². The molecule has 0 aromatic carbocycles. The average Bonchev–Trinajstić information content (AvgIpc) is 1.35. The minimum Gasteiger partial charge on any atom is -0.480 e. The monoisotopic (exact) mass is 119 g/mol. The predicted octanol–water partition coefficient (Wildman–Crippen LogP) is -1.89. The molecule has 0 rings (SSSR count). The summed E-state index contributed by atoms with van der Waals surface area (Å²) >= 11 is 0. The fraction of sp³-hybridized carbons (Fsp3) is 0.667. The molecule has 0 aliphatic carbocycles. The standard InChI is InChI=1S/C3H7NO2.Al.3H/c1-4-2-3(5)6;;;;/h4H,2H2,1H3,(H,5,6);;;;. The van der Waals surface area contributed by atoms with Crippen molar-refractivity contribution >= 4 is 23.3 Å². The van der Waals surface area contributed by atoms with E-state index in [-0.39, 0.29) is 23.9 Å². The second kappa shape index (κ2) is 5.96. The first-order chi connectivity index (χ1) is 2.77. The van der Waals surface area contributed by atoms with Crippen LogP contribution in [0.4, 0.5) is 0 Å². The van der Waals surface area contributed by atoms with Crippen LogP contribution in [-0.4, -0.2) is 42.0 Å². The van der Waals surface area contributed by atoms with Crippen molar-refractivity contribution in [3.63, 3.8) is 0 Å². The zero-order valence-electron chi connectivity index (χ0n) is 3.56. The number of hydrogen-bond acceptors (Lipinski definition) is 2. The zero-order chi connectivity index (χ0) is 4.99. The topological polar surface area (TPSA) is 49.3 Å². The highest BCUT2D eigenvalue weighted by Gasteiger charge is 1.86. The zero-order valence-corrected chi connectivity index (χ0v) is 3.56. The molecular formula is C3H10AlNO2. The summed E-state index contributed by atoms with van der Waals surface area (Å²) in [5, 5.41) is 10.3. The Bertz CT molecular complexity index is 56.9. The van der Waals surface area contributed by atoms with Crippen molar-refractivity contribution < 1.29 is 9.90 Å². The molecule has 0 aromatic heterocycles. The summed E-state index contributed by atoms with van der Waals surface area (Å²) in [5.41, 5.74) is 0. The number of carboxylic acids is 1. The normalized spacial score (nSPS) is 7.00. The lowest BCUT2D eigenvalue weighted by atomic mass is 10.7. The predicted molar refractivity (Wildman–Crippen MR) is 31.5 cm³/mol. The van der Waals surface area contributed by atoms with Crippen molar-refractivity contribution in [3.05, 3.63) is 0 Å². The molecule has 0 atom stereocenters. The molecule has 0 heterocycles. The van der Waals surface area contributed by atoms with E-state index in [9.17, 15) is 4.79 Å². The van der Waals surface area contributed by atoms with Gasteiger partial charge in [-0.05, 0) is 7.05 Å². The SMILES string of the molecule is CNCC(=O)O.[AlH3]. The highest BCUT2D eigenvalue weighted by Crippen LogP contribution is 1.50. The maximum Gasteiger partial charge on any atom is 0.317 e. The highest BCUT2D eigenvalue weighted by molar-refractivity contribution is 5.75. The van der Waals surface area contributed by atoms with E-state index in [1.54, 1.807) is 7.05 Å². The van der Waals surface area contributed by atoms with Crippen LogP contribution in [0.5, 0.6) is 0 Å². The number of rotatable bonds is 2. The third-order valence-corrected chi connectivity index (χ3v) is 0.328. The quantitative estimate of drug-likeness (QED) is 0.418. The Hall–Kier alpha value is -0.0375. The summed E-state index contributed by atoms with van der Waals surface area (Å²) in [6.45, 7) is 0.0417. The van der Waals surface area contributed by atoms with Gasteiger partial charge >= 0.3 is 5.97 Å². The highest BCUT2D eigenvalue weighted by atomic mass is 27.0. The first kappa shape index (κ1) is 10.1. The molecule has 0 amide bonds. The fourth-order valence-electron chi connectivity index (χ4n) is 0.151. The lowest BCUT2D eigenvalue weighted by Crippen LogP contribution is -2.16. The molecule has 3 nitrogen and oxygen atoms in total. The molecule has 0 aliphatic rings. The Morgan fingerprint density at radius 3 is 2.29 bits per heavy atom. The number of carbonyl (C=O) groups is 1. The van der Waals surface area contributed by atoms with Crippen LogP contribution in [0.15, 0.2) is 0 Å². The number of carboxylic acid groups (broad SMARTS) is 1. The average molecular weight is 119 g/mol. The lowest BCUT2D eigenvalue weighted by Gasteiger charge is -1.84. The van der Waals surface area contributed by atoms with E-state index in [2.05, 4.69) is 5.32 Å². The summed E-state index contributed by atoms with van der Waals surface area (Å²) in [4.78, 5) is 9.54. The van der Waals surface area contributed by atoms with E-state index in [0.717, 1.165) is 0 Å². The smallest absolute Gasteiger partial charge is 0.317 e. The molecule has 0 radical (unpaired) electrons. The second-order valence-electron chi connectivity index (χ2n) is 0.924. The molecule has 0 saturated heterocycles. The molecule has 0 spiro atoms. The molecule has 4 heteroatoms. The van der Waals surface area contributed by atoms with Crippen LogP contribution in [0.1, 0.15) is 0 Å². The fourth-order valence-corrected chi connectivity index (χ4v) is 0.151. The van der Waals surface area contributed by atoms with Gasteiger partial charge in [-0.25, -0.2) is 0 Å². The van der Waals surface area contributed by atoms with Crippen molar-refractivity contribution in [2.24, 2.45) is 0 Å². The van der Waals surface area contributed by atoms with E-state index in [0.29, 0.717) is 0 Å². The van der Waals surface area contributed by atoms with Gasteiger partial charge in [-0.3, -0.25) is 4.79 Å². The van der Waals surface area contributed by atoms with Gasteiger partial charge in [0.1, 0.15) is 0 Å². The van der Waals surface area contributed by atoms with Gasteiger partial charge in [-0.1, -0.05) is 0 Å². The molecule has 0 saturated carbocycles. The van der Waals surface area contributed by atoms with Gasteiger partial charge in [0.2, 0.25) is 0 Å². The first-order valence-electron chi connectivity index (χ1n) is 1.63. The molecule has 42 valence electrons. The van der Waals surface area contributed by atoms with Crippen LogP contribution in [0.3, 0.4) is 0 Å². The summed E-state index contributed by atoms with van der Waals surface area (Å²) < 4.78 is 0. The van der Waals surface area contributed by atoms with Gasteiger partial charge in [0.15, 0.2) is 17.4 Å². The maximum atomic E-state index is 9.54. The van der Waals surface area contributed by atoms with Crippen molar-refractivity contribution in [1.29, 1.82) is 0 Å². The number of nitrogens with one attached hydrogen (secondary N) is 1. The van der Waals surface area contributed by atoms with E-state index in [1.807, 2.05) is 0 Å². The van der Waals surface area contributed by atoms with Crippen LogP contribution in [0.25, 0.3) is 0 Å². The largest absolute Gasteiger partial charge is 0.480 e. The molecule has 7 heavy (non-hydrogen) atoms. The van der Waals surface area contributed by atoms with Gasteiger partial charge in [0.05, 0.1) is 6.54 Å². The Morgan fingerprint density at radius 1 is 1.86 bits per heavy atom. The molecule has 0 unspecified atom stereocenters. The Morgan fingerprint density at radius 2 is 2.29 bits per heavy atom. The van der Waals surface area contributed by atoms with Crippen molar-refractivity contribution in [3.8, 4) is 0 Å². The minimum atomic E-state index is -0.822. The third-order valence-electron chi connectivity index (χ3n) is 0.328. The lowest BCUT2D eigenvalue weighted by molar-refractivity contribution is -0.135. The third kappa shape index (κ3) is 10.7. The number of likely N-dealkylation sites (N-methyl/N-ethyl adjacent to an activating group) is 1. The summed E-state index contributed by atoms with van der Waals surface area (Å²) in [6.07, 6.45) is 0. The number of hydrogen-bond donors (Lipinski definition) is 2. The van der Waals surface area contributed by atoms with E-state index in [1.165, 1.54) is 0 Å². The van der Waals surface area contributed by atoms with Crippen LogP contribution in [0.2, 0.25) is 0 Å². The van der Waals surface area contributed by atoms with Gasteiger partial charge in [0, 0.05) is 0 Å². The Balaban J connectivity index is 0. The van der Waals surface area contributed by atoms with Gasteiger partial charge in [-0.15, -0.1) is 0 Å². The summed E-state index contributed by atoms with van der Waals surface area (Å²) in [7, 11) is 1.59. The van der Waals surface area contributed by atoms with E-state index >= 15 is 0 Å². The van der Waals surface area contributed by atoms with Crippen molar-refractivity contribution in [1.82, 2.24) is 5.32 Å². The van der Waals surface area contributed by atoms with Crippen molar-refractivity contribution in [2.45, 2.75) is 0 Å². The molecule has 0 bridgehead atoms. The molecule has 0 aliphatic heterocycles. The van der Waals surface area contributed by atoms with Crippen LogP contribution in [-0.2, 0) is 4.79 Å². The van der Waals surface area contributed by atoms with Crippen molar-refractivity contribution in [2.75, 3.05) is 13.6 Å². The minimum absolute atomic E-state index is 0. The first-order valence-corrected chi connectivity index (χ1v) is 1.63. The molecule has 2 N–H and O–H groups in total. The van der Waals surface area contributed by atoms with Gasteiger partial charge in [-0.2, -0.15) is 0 Å². The molecule has 0 fully saturated rings. The van der Waals surface area contributed by atoms with Crippen LogP contribution >= 0.6 is 0 Å². The van der Waals surface area contributed by atoms with Crippen LogP contribution in [0, 0.1) is 0 Å². The van der Waals surface area contributed by atoms with E-state index in [4.69, 9.17) is 5.11 Å². The van der Waals surface area contributed by atoms with Gasteiger partial charge in [0.25, 0.3) is 0 Å². The maximum absolute atomic E-state index is 9.54. The second-order valence-corrected chi connectivity index (χ2v) is 0.924. The Kier molecular flexibility index (Phi) is 8.56. The molecule has 0 aromatic rings.